The maximum atomic E-state index is 13.4. The summed E-state index contributed by atoms with van der Waals surface area (Å²) in [4.78, 5) is 18.5. The fraction of sp³-hybridized carbons (Fsp3) is 0.182. The average molecular weight is 443 g/mol. The molecule has 0 saturated carbocycles. The number of likely N-dealkylation sites (tertiary alicyclic amines) is 1. The van der Waals surface area contributed by atoms with Gasteiger partial charge in [0.25, 0.3) is 15.9 Å². The first-order valence-corrected chi connectivity index (χ1v) is 11.1. The molecule has 6 nitrogen and oxygen atoms in total. The number of hydrogen-bond acceptors (Lipinski definition) is 4. The second-order valence-corrected chi connectivity index (χ2v) is 8.88. The van der Waals surface area contributed by atoms with Crippen molar-refractivity contribution >= 4 is 21.6 Å². The molecule has 1 aliphatic rings. The van der Waals surface area contributed by atoms with Crippen LogP contribution in [0, 0.1) is 11.6 Å². The van der Waals surface area contributed by atoms with Crippen molar-refractivity contribution in [3.05, 3.63) is 89.8 Å². The minimum absolute atomic E-state index is 0.0484. The molecule has 2 aromatic carbocycles. The van der Waals surface area contributed by atoms with Gasteiger partial charge in [-0.25, -0.2) is 17.2 Å². The molecule has 0 aliphatic carbocycles. The molecule has 1 aromatic heterocycles. The predicted octanol–water partition coefficient (Wildman–Crippen LogP) is 4.14. The summed E-state index contributed by atoms with van der Waals surface area (Å²) in [5.41, 5.74) is 1.60. The Labute approximate surface area is 178 Å². The van der Waals surface area contributed by atoms with Gasteiger partial charge in [0.15, 0.2) is 11.6 Å². The maximum absolute atomic E-state index is 13.4. The predicted molar refractivity (Wildman–Crippen MR) is 111 cm³/mol. The Kier molecular flexibility index (Phi) is 5.69. The van der Waals surface area contributed by atoms with E-state index in [2.05, 4.69) is 9.71 Å². The number of amides is 1. The van der Waals surface area contributed by atoms with Gasteiger partial charge in [-0.05, 0) is 66.9 Å². The van der Waals surface area contributed by atoms with Crippen LogP contribution in [0.3, 0.4) is 0 Å². The van der Waals surface area contributed by atoms with Gasteiger partial charge in [0.05, 0.1) is 10.9 Å². The van der Waals surface area contributed by atoms with Gasteiger partial charge >= 0.3 is 0 Å². The highest BCUT2D eigenvalue weighted by Crippen LogP contribution is 2.32. The summed E-state index contributed by atoms with van der Waals surface area (Å²) in [5.74, 6) is -2.53. The van der Waals surface area contributed by atoms with Gasteiger partial charge in [-0.2, -0.15) is 0 Å². The Hall–Kier alpha value is -3.33. The lowest BCUT2D eigenvalue weighted by atomic mass is 10.1. The highest BCUT2D eigenvalue weighted by Gasteiger charge is 2.30. The van der Waals surface area contributed by atoms with Crippen LogP contribution in [-0.4, -0.2) is 30.8 Å². The van der Waals surface area contributed by atoms with Gasteiger partial charge in [-0.1, -0.05) is 6.07 Å². The Morgan fingerprint density at radius 2 is 1.84 bits per heavy atom. The third-order valence-electron chi connectivity index (χ3n) is 5.17. The van der Waals surface area contributed by atoms with Gasteiger partial charge in [-0.15, -0.1) is 0 Å². The Morgan fingerprint density at radius 1 is 1.06 bits per heavy atom. The second-order valence-electron chi connectivity index (χ2n) is 7.20. The van der Waals surface area contributed by atoms with E-state index in [0.29, 0.717) is 18.2 Å². The zero-order valence-corrected chi connectivity index (χ0v) is 17.1. The smallest absolute Gasteiger partial charge is 0.261 e. The Balaban J connectivity index is 1.50. The number of aromatic nitrogens is 1. The minimum atomic E-state index is -4.11. The van der Waals surface area contributed by atoms with Crippen molar-refractivity contribution in [2.75, 3.05) is 11.3 Å². The molecular formula is C22H19F2N3O3S. The van der Waals surface area contributed by atoms with E-state index in [1.54, 1.807) is 17.3 Å². The summed E-state index contributed by atoms with van der Waals surface area (Å²) in [6.07, 6.45) is 5.18. The van der Waals surface area contributed by atoms with Crippen LogP contribution in [0.2, 0.25) is 0 Å². The molecule has 4 rings (SSSR count). The van der Waals surface area contributed by atoms with Crippen LogP contribution >= 0.6 is 0 Å². The summed E-state index contributed by atoms with van der Waals surface area (Å²) in [6, 6.07) is 12.1. The first kappa shape index (κ1) is 20.9. The number of pyridine rings is 1. The third kappa shape index (κ3) is 4.41. The second kappa shape index (κ2) is 8.43. The van der Waals surface area contributed by atoms with E-state index in [1.807, 2.05) is 12.1 Å². The lowest BCUT2D eigenvalue weighted by Crippen LogP contribution is -2.30. The molecule has 1 fully saturated rings. The zero-order valence-electron chi connectivity index (χ0n) is 16.3. The van der Waals surface area contributed by atoms with E-state index in [9.17, 15) is 22.0 Å². The number of rotatable bonds is 5. The van der Waals surface area contributed by atoms with Crippen LogP contribution in [0.25, 0.3) is 0 Å². The van der Waals surface area contributed by atoms with E-state index in [-0.39, 0.29) is 17.6 Å². The van der Waals surface area contributed by atoms with Crippen molar-refractivity contribution in [1.29, 1.82) is 0 Å². The molecule has 1 aliphatic heterocycles. The largest absolute Gasteiger partial charge is 0.332 e. The van der Waals surface area contributed by atoms with Crippen molar-refractivity contribution in [2.24, 2.45) is 0 Å². The Morgan fingerprint density at radius 3 is 2.52 bits per heavy atom. The van der Waals surface area contributed by atoms with Crippen molar-refractivity contribution in [3.63, 3.8) is 0 Å². The Bertz CT molecular complexity index is 1200. The fourth-order valence-corrected chi connectivity index (χ4v) is 4.70. The number of sulfonamides is 1. The number of benzene rings is 2. The van der Waals surface area contributed by atoms with Gasteiger partial charge in [0.1, 0.15) is 0 Å². The van der Waals surface area contributed by atoms with Crippen molar-refractivity contribution < 1.29 is 22.0 Å². The zero-order chi connectivity index (χ0) is 22.0. The number of anilines is 1. The van der Waals surface area contributed by atoms with E-state index in [0.717, 1.165) is 30.5 Å². The van der Waals surface area contributed by atoms with Crippen LogP contribution in [0.15, 0.2) is 71.9 Å². The topological polar surface area (TPSA) is 79.4 Å². The molecule has 1 unspecified atom stereocenters. The first-order valence-electron chi connectivity index (χ1n) is 9.64. The summed E-state index contributed by atoms with van der Waals surface area (Å²) in [7, 11) is -4.11. The van der Waals surface area contributed by atoms with Crippen LogP contribution in [0.5, 0.6) is 0 Å². The van der Waals surface area contributed by atoms with Gasteiger partial charge in [-0.3, -0.25) is 14.5 Å². The van der Waals surface area contributed by atoms with E-state index >= 15 is 0 Å². The van der Waals surface area contributed by atoms with Crippen LogP contribution in [0.1, 0.15) is 34.8 Å². The molecule has 0 radical (unpaired) electrons. The van der Waals surface area contributed by atoms with E-state index in [1.165, 1.54) is 24.3 Å². The van der Waals surface area contributed by atoms with Gasteiger partial charge < -0.3 is 4.90 Å². The number of nitrogens with one attached hydrogen (secondary N) is 1. The molecular weight excluding hydrogens is 424 g/mol. The minimum Gasteiger partial charge on any atom is -0.332 e. The SMILES string of the molecule is O=C(c1ccc(NS(=O)(=O)c2ccc(F)c(F)c2)cc1)N1CCCC1c1cccnc1. The van der Waals surface area contributed by atoms with E-state index < -0.39 is 26.6 Å². The number of carbonyl (C=O) groups is 1. The summed E-state index contributed by atoms with van der Waals surface area (Å²) in [5, 5.41) is 0. The molecule has 1 atom stereocenters. The van der Waals surface area contributed by atoms with Gasteiger partial charge in [0.2, 0.25) is 0 Å². The molecule has 1 saturated heterocycles. The third-order valence-corrected chi connectivity index (χ3v) is 6.55. The van der Waals surface area contributed by atoms with Crippen molar-refractivity contribution in [3.8, 4) is 0 Å². The molecule has 9 heteroatoms. The lowest BCUT2D eigenvalue weighted by molar-refractivity contribution is 0.0735. The van der Waals surface area contributed by atoms with Crippen molar-refractivity contribution in [1.82, 2.24) is 9.88 Å². The number of hydrogen-bond donors (Lipinski definition) is 1. The highest BCUT2D eigenvalue weighted by atomic mass is 32.2. The van der Waals surface area contributed by atoms with Crippen LogP contribution < -0.4 is 4.72 Å². The molecule has 31 heavy (non-hydrogen) atoms. The molecule has 2 heterocycles. The first-order chi connectivity index (χ1) is 14.8. The summed E-state index contributed by atoms with van der Waals surface area (Å²) in [6.45, 7) is 0.628. The molecule has 0 bridgehead atoms. The molecule has 1 N–H and O–H groups in total. The number of carbonyl (C=O) groups excluding carboxylic acids is 1. The van der Waals surface area contributed by atoms with Crippen LogP contribution in [0.4, 0.5) is 14.5 Å². The monoisotopic (exact) mass is 443 g/mol. The average Bonchev–Trinajstić information content (AvgIpc) is 3.26. The number of halogens is 2. The molecule has 1 amide bonds. The summed E-state index contributed by atoms with van der Waals surface area (Å²) < 4.78 is 53.6. The quantitative estimate of drug-likeness (QED) is 0.643. The number of nitrogens with zero attached hydrogens (tertiary/aromatic N) is 2. The molecule has 160 valence electrons. The standard InChI is InChI=1S/C22H19F2N3O3S/c23-19-10-9-18(13-20(19)24)31(29,30)26-17-7-5-15(6-8-17)22(28)27-12-2-4-21(27)16-3-1-11-25-14-16/h1,3,5-11,13-14,21,26H,2,4,12H2. The highest BCUT2D eigenvalue weighted by molar-refractivity contribution is 7.92. The van der Waals surface area contributed by atoms with Crippen LogP contribution in [-0.2, 0) is 10.0 Å². The fourth-order valence-electron chi connectivity index (χ4n) is 3.63. The van der Waals surface area contributed by atoms with Gasteiger partial charge in [0, 0.05) is 30.2 Å². The molecule has 0 spiro atoms. The maximum Gasteiger partial charge on any atom is 0.261 e. The van der Waals surface area contributed by atoms with Crippen molar-refractivity contribution in [2.45, 2.75) is 23.8 Å². The molecule has 3 aromatic rings. The lowest BCUT2D eigenvalue weighted by Gasteiger charge is -2.25. The normalized spacial score (nSPS) is 16.3. The summed E-state index contributed by atoms with van der Waals surface area (Å²) >= 11 is 0. The van der Waals surface area contributed by atoms with E-state index in [4.69, 9.17) is 0 Å².